The number of aliphatic imine (C=N–C) groups is 1. The molecule has 2 rings (SSSR count). The molecular weight excluding hydrogens is 302 g/mol. The number of carbonyl (C=O) groups is 1. The van der Waals surface area contributed by atoms with Crippen molar-refractivity contribution in [3.8, 4) is 6.07 Å². The minimum atomic E-state index is -0.914. The van der Waals surface area contributed by atoms with Gasteiger partial charge in [0, 0.05) is 4.47 Å². The molecule has 4 nitrogen and oxygen atoms in total. The van der Waals surface area contributed by atoms with Crippen molar-refractivity contribution in [1.82, 2.24) is 5.32 Å². The van der Waals surface area contributed by atoms with E-state index in [2.05, 4.69) is 26.2 Å². The van der Waals surface area contributed by atoms with Gasteiger partial charge in [0.25, 0.3) is 0 Å². The number of hydrogen-bond donors (Lipinski definition) is 1. The van der Waals surface area contributed by atoms with Crippen LogP contribution in [0.2, 0.25) is 0 Å². The number of nitrogens with zero attached hydrogens (tertiary/aromatic N) is 2. The lowest BCUT2D eigenvalue weighted by atomic mass is 9.96. The molecule has 1 atom stereocenters. The number of benzene rings is 1. The number of hydrogen-bond acceptors (Lipinski definition) is 3. The molecule has 1 heterocycles. The summed E-state index contributed by atoms with van der Waals surface area (Å²) in [6, 6.07) is 9.14. The van der Waals surface area contributed by atoms with Gasteiger partial charge < -0.3 is 0 Å². The van der Waals surface area contributed by atoms with Crippen molar-refractivity contribution in [3.05, 3.63) is 34.3 Å². The van der Waals surface area contributed by atoms with Crippen molar-refractivity contribution < 1.29 is 4.79 Å². The number of nitriles is 1. The number of rotatable bonds is 1. The maximum absolute atomic E-state index is 11.6. The first-order chi connectivity index (χ1) is 8.11. The summed E-state index contributed by atoms with van der Waals surface area (Å²) in [6.07, 6.45) is 0. The third-order valence-corrected chi connectivity index (χ3v) is 2.98. The Labute approximate surface area is 111 Å². The Morgan fingerprint density at radius 3 is 2.65 bits per heavy atom. The lowest BCUT2D eigenvalue weighted by molar-refractivity contribution is -0.120. The molecule has 0 bridgehead atoms. The maximum Gasteiger partial charge on any atom is 0.249 e. The molecule has 1 aromatic carbocycles. The quantitative estimate of drug-likeness (QED) is 0.805. The first-order valence-electron chi connectivity index (χ1n) is 4.71. The second-order valence-electron chi connectivity index (χ2n) is 3.36. The van der Waals surface area contributed by atoms with E-state index in [9.17, 15) is 4.79 Å². The van der Waals surface area contributed by atoms with Crippen molar-refractivity contribution >= 4 is 44.9 Å². The van der Waals surface area contributed by atoms with Gasteiger partial charge in [-0.2, -0.15) is 5.26 Å². The molecule has 1 aromatic rings. The summed E-state index contributed by atoms with van der Waals surface area (Å²) in [5.74, 6) is -1.34. The number of amides is 1. The van der Waals surface area contributed by atoms with Crippen LogP contribution in [0.15, 0.2) is 33.7 Å². The van der Waals surface area contributed by atoms with Crippen LogP contribution in [-0.2, 0) is 4.79 Å². The fourth-order valence-corrected chi connectivity index (χ4v) is 1.94. The van der Waals surface area contributed by atoms with E-state index >= 15 is 0 Å². The van der Waals surface area contributed by atoms with Gasteiger partial charge >= 0.3 is 0 Å². The van der Waals surface area contributed by atoms with Crippen molar-refractivity contribution in [2.45, 2.75) is 0 Å². The smallest absolute Gasteiger partial charge is 0.249 e. The summed E-state index contributed by atoms with van der Waals surface area (Å²) in [5, 5.41) is 11.5. The van der Waals surface area contributed by atoms with Gasteiger partial charge in [-0.05, 0) is 29.9 Å². The van der Waals surface area contributed by atoms with E-state index in [1.165, 1.54) is 0 Å². The van der Waals surface area contributed by atoms with E-state index in [-0.39, 0.29) is 5.11 Å². The van der Waals surface area contributed by atoms with Crippen LogP contribution in [0.4, 0.5) is 0 Å². The Kier molecular flexibility index (Phi) is 3.31. The van der Waals surface area contributed by atoms with E-state index in [1.807, 2.05) is 18.2 Å². The highest BCUT2D eigenvalue weighted by Gasteiger charge is 2.30. The van der Waals surface area contributed by atoms with Crippen LogP contribution in [-0.4, -0.2) is 16.7 Å². The highest BCUT2D eigenvalue weighted by molar-refractivity contribution is 9.10. The molecule has 0 saturated heterocycles. The Balaban J connectivity index is 2.48. The minimum Gasteiger partial charge on any atom is -0.300 e. The van der Waals surface area contributed by atoms with Gasteiger partial charge in [0.2, 0.25) is 5.91 Å². The van der Waals surface area contributed by atoms with E-state index in [1.54, 1.807) is 12.1 Å². The maximum atomic E-state index is 11.6. The molecule has 1 amide bonds. The monoisotopic (exact) mass is 307 g/mol. The van der Waals surface area contributed by atoms with Crippen molar-refractivity contribution in [3.63, 3.8) is 0 Å². The average Bonchev–Trinajstić information content (AvgIpc) is 2.29. The van der Waals surface area contributed by atoms with E-state index in [0.29, 0.717) is 5.71 Å². The molecule has 1 unspecified atom stereocenters. The fourth-order valence-electron chi connectivity index (χ4n) is 1.48. The van der Waals surface area contributed by atoms with Gasteiger partial charge in [-0.15, -0.1) is 0 Å². The Morgan fingerprint density at radius 1 is 1.41 bits per heavy atom. The highest BCUT2D eigenvalue weighted by atomic mass is 79.9. The van der Waals surface area contributed by atoms with Gasteiger partial charge in [0.1, 0.15) is 0 Å². The van der Waals surface area contributed by atoms with Crippen LogP contribution in [0.5, 0.6) is 0 Å². The standard InChI is InChI=1S/C11H6BrN3OS/c12-7-3-1-6(2-4-7)9-8(5-13)10(16)15-11(17)14-9/h1-4,8H,(H,15,16,17). The van der Waals surface area contributed by atoms with Crippen LogP contribution >= 0.6 is 28.1 Å². The van der Waals surface area contributed by atoms with E-state index in [0.717, 1.165) is 10.0 Å². The molecule has 1 aliphatic rings. The molecule has 1 aliphatic heterocycles. The van der Waals surface area contributed by atoms with Crippen LogP contribution in [0.1, 0.15) is 5.56 Å². The normalized spacial score (nSPS) is 19.3. The zero-order chi connectivity index (χ0) is 12.4. The summed E-state index contributed by atoms with van der Waals surface area (Å²) >= 11 is 8.16. The predicted molar refractivity (Wildman–Crippen MR) is 70.5 cm³/mol. The lowest BCUT2D eigenvalue weighted by Gasteiger charge is -2.18. The van der Waals surface area contributed by atoms with Gasteiger partial charge in [-0.3, -0.25) is 10.1 Å². The summed E-state index contributed by atoms with van der Waals surface area (Å²) in [4.78, 5) is 15.6. The zero-order valence-corrected chi connectivity index (χ0v) is 10.9. The summed E-state index contributed by atoms with van der Waals surface area (Å²) in [6.45, 7) is 0. The summed E-state index contributed by atoms with van der Waals surface area (Å²) in [5.41, 5.74) is 1.12. The minimum absolute atomic E-state index is 0.0967. The molecule has 0 radical (unpaired) electrons. The molecule has 17 heavy (non-hydrogen) atoms. The number of halogens is 1. The Morgan fingerprint density at radius 2 is 2.06 bits per heavy atom. The van der Waals surface area contributed by atoms with Crippen molar-refractivity contribution in [2.24, 2.45) is 10.9 Å². The van der Waals surface area contributed by atoms with Gasteiger partial charge in [-0.1, -0.05) is 28.1 Å². The zero-order valence-electron chi connectivity index (χ0n) is 8.48. The van der Waals surface area contributed by atoms with Gasteiger partial charge in [0.15, 0.2) is 11.0 Å². The number of carbonyl (C=O) groups excluding carboxylic acids is 1. The second kappa shape index (κ2) is 4.73. The predicted octanol–water partition coefficient (Wildman–Crippen LogP) is 1.79. The van der Waals surface area contributed by atoms with Crippen LogP contribution in [0.3, 0.4) is 0 Å². The Hall–Kier alpha value is -1.58. The van der Waals surface area contributed by atoms with Crippen LogP contribution in [0, 0.1) is 17.2 Å². The average molecular weight is 308 g/mol. The topological polar surface area (TPSA) is 65.2 Å². The van der Waals surface area contributed by atoms with E-state index in [4.69, 9.17) is 17.5 Å². The highest BCUT2D eigenvalue weighted by Crippen LogP contribution is 2.17. The molecule has 0 saturated carbocycles. The van der Waals surface area contributed by atoms with Crippen LogP contribution < -0.4 is 5.32 Å². The Bertz CT molecular complexity index is 559. The van der Waals surface area contributed by atoms with Gasteiger partial charge in [0.05, 0.1) is 11.8 Å². The molecular formula is C11H6BrN3OS. The SMILES string of the molecule is N#CC1C(=O)NC(=S)N=C1c1ccc(Br)cc1. The fraction of sp³-hybridized carbons (Fsp3) is 0.0909. The lowest BCUT2D eigenvalue weighted by Crippen LogP contribution is -2.42. The summed E-state index contributed by atoms with van der Waals surface area (Å²) < 4.78 is 0.915. The molecule has 0 spiro atoms. The molecule has 1 N–H and O–H groups in total. The van der Waals surface area contributed by atoms with Crippen molar-refractivity contribution in [2.75, 3.05) is 0 Å². The molecule has 0 aromatic heterocycles. The first-order valence-corrected chi connectivity index (χ1v) is 5.91. The number of thiocarbonyl (C=S) groups is 1. The van der Waals surface area contributed by atoms with Crippen molar-refractivity contribution in [1.29, 1.82) is 5.26 Å². The third kappa shape index (κ3) is 2.40. The molecule has 0 aliphatic carbocycles. The third-order valence-electron chi connectivity index (χ3n) is 2.26. The van der Waals surface area contributed by atoms with E-state index < -0.39 is 11.8 Å². The molecule has 6 heteroatoms. The van der Waals surface area contributed by atoms with Crippen LogP contribution in [0.25, 0.3) is 0 Å². The molecule has 0 fully saturated rings. The van der Waals surface area contributed by atoms with Gasteiger partial charge in [-0.25, -0.2) is 4.99 Å². The molecule has 84 valence electrons. The number of nitrogens with one attached hydrogen (secondary N) is 1. The second-order valence-corrected chi connectivity index (χ2v) is 4.66. The first kappa shape index (κ1) is 11.9. The largest absolute Gasteiger partial charge is 0.300 e. The summed E-state index contributed by atoms with van der Waals surface area (Å²) in [7, 11) is 0.